The van der Waals surface area contributed by atoms with Crippen LogP contribution in [0.2, 0.25) is 0 Å². The van der Waals surface area contributed by atoms with Crippen molar-refractivity contribution < 1.29 is 19.1 Å². The second kappa shape index (κ2) is 8.55. The van der Waals surface area contributed by atoms with Gasteiger partial charge in [0.15, 0.2) is 0 Å². The molecule has 1 aliphatic heterocycles. The molecule has 3 rings (SSSR count). The number of fused-ring (bicyclic) bond motifs is 1. The van der Waals surface area contributed by atoms with E-state index in [1.165, 1.54) is 0 Å². The van der Waals surface area contributed by atoms with E-state index in [4.69, 9.17) is 20.7 Å². The highest BCUT2D eigenvalue weighted by Crippen LogP contribution is 2.34. The lowest BCUT2D eigenvalue weighted by Gasteiger charge is -2.16. The molecule has 0 spiro atoms. The van der Waals surface area contributed by atoms with Crippen LogP contribution in [0.4, 0.5) is 4.79 Å². The van der Waals surface area contributed by atoms with E-state index in [2.05, 4.69) is 5.92 Å². The second-order valence-corrected chi connectivity index (χ2v) is 6.78. The van der Waals surface area contributed by atoms with Crippen LogP contribution >= 0.6 is 0 Å². The Labute approximate surface area is 169 Å². The number of hydrogen-bond donors (Lipinski definition) is 0. The summed E-state index contributed by atoms with van der Waals surface area (Å²) < 4.78 is 13.7. The molecule has 0 radical (unpaired) electrons. The molecule has 0 bridgehead atoms. The summed E-state index contributed by atoms with van der Waals surface area (Å²) >= 11 is 0. The van der Waals surface area contributed by atoms with Crippen LogP contribution in [0, 0.1) is 26.2 Å². The van der Waals surface area contributed by atoms with Crippen LogP contribution in [0.1, 0.15) is 23.6 Å². The lowest BCUT2D eigenvalue weighted by Crippen LogP contribution is -2.27. The second-order valence-electron chi connectivity index (χ2n) is 6.78. The molecule has 0 unspecified atom stereocenters. The molecule has 1 aromatic heterocycles. The Morgan fingerprint density at radius 2 is 1.83 bits per heavy atom. The summed E-state index contributed by atoms with van der Waals surface area (Å²) in [6, 6.07) is 3.79. The SMILES string of the molecule is C#Cc1cc(C)cc(C)c1-c1c(OC(=O)OCC)n2n(c1=O)CCN(OC)CC2. The van der Waals surface area contributed by atoms with E-state index in [0.717, 1.165) is 11.1 Å². The highest BCUT2D eigenvalue weighted by atomic mass is 16.7. The number of ether oxygens (including phenoxy) is 2. The fraction of sp³-hybridized carbons (Fsp3) is 0.429. The van der Waals surface area contributed by atoms with Gasteiger partial charge in [-0.2, -0.15) is 5.06 Å². The predicted molar refractivity (Wildman–Crippen MR) is 108 cm³/mol. The number of hydroxylamine groups is 2. The normalized spacial score (nSPS) is 14.0. The van der Waals surface area contributed by atoms with Gasteiger partial charge in [0.25, 0.3) is 5.56 Å². The molecule has 1 aromatic carbocycles. The Hall–Kier alpha value is -3.02. The largest absolute Gasteiger partial charge is 0.515 e. The average molecular weight is 399 g/mol. The molecule has 2 aromatic rings. The maximum atomic E-state index is 13.4. The van der Waals surface area contributed by atoms with Crippen LogP contribution in [-0.2, 0) is 22.7 Å². The van der Waals surface area contributed by atoms with Gasteiger partial charge in [-0.1, -0.05) is 12.0 Å². The maximum Gasteiger partial charge on any atom is 0.515 e. The minimum atomic E-state index is -0.866. The zero-order valence-electron chi connectivity index (χ0n) is 17.2. The van der Waals surface area contributed by atoms with Crippen LogP contribution in [0.15, 0.2) is 16.9 Å². The third kappa shape index (κ3) is 3.92. The van der Waals surface area contributed by atoms with Crippen LogP contribution in [-0.4, -0.2) is 47.4 Å². The Morgan fingerprint density at radius 3 is 2.45 bits per heavy atom. The molecule has 0 fully saturated rings. The summed E-state index contributed by atoms with van der Waals surface area (Å²) in [5, 5.41) is 1.75. The number of hydrogen-bond acceptors (Lipinski definition) is 6. The van der Waals surface area contributed by atoms with E-state index in [0.29, 0.717) is 37.3 Å². The molecule has 154 valence electrons. The molecular weight excluding hydrogens is 374 g/mol. The van der Waals surface area contributed by atoms with Gasteiger partial charge in [-0.15, -0.1) is 6.42 Å². The van der Waals surface area contributed by atoms with E-state index in [1.54, 1.807) is 28.5 Å². The van der Waals surface area contributed by atoms with Crippen molar-refractivity contribution in [1.82, 2.24) is 14.4 Å². The van der Waals surface area contributed by atoms with Crippen molar-refractivity contribution in [2.75, 3.05) is 26.8 Å². The summed E-state index contributed by atoms with van der Waals surface area (Å²) in [7, 11) is 1.58. The third-order valence-electron chi connectivity index (χ3n) is 4.90. The predicted octanol–water partition coefficient (Wildman–Crippen LogP) is 2.33. The molecule has 29 heavy (non-hydrogen) atoms. The standard InChI is InChI=1S/C21H25N3O5/c1-6-16-13-14(3)12-15(4)17(16)18-19(25)23-10-8-22(27-5)9-11-24(23)20(18)29-21(26)28-7-2/h1,12-13H,7-11H2,2-5H3. The Balaban J connectivity index is 2.25. The molecule has 0 saturated heterocycles. The molecule has 8 nitrogen and oxygen atoms in total. The summed E-state index contributed by atoms with van der Waals surface area (Å²) in [5.41, 5.74) is 3.00. The van der Waals surface area contributed by atoms with Crippen molar-refractivity contribution in [1.29, 1.82) is 0 Å². The van der Waals surface area contributed by atoms with Crippen molar-refractivity contribution in [3.05, 3.63) is 39.2 Å². The van der Waals surface area contributed by atoms with Crippen LogP contribution in [0.5, 0.6) is 5.88 Å². The van der Waals surface area contributed by atoms with Gasteiger partial charge in [0, 0.05) is 24.2 Å². The van der Waals surface area contributed by atoms with Crippen LogP contribution in [0.25, 0.3) is 11.1 Å². The van der Waals surface area contributed by atoms with Gasteiger partial charge in [0.2, 0.25) is 5.88 Å². The Morgan fingerprint density at radius 1 is 1.14 bits per heavy atom. The smallest absolute Gasteiger partial charge is 0.434 e. The first-order valence-corrected chi connectivity index (χ1v) is 9.46. The monoisotopic (exact) mass is 399 g/mol. The fourth-order valence-electron chi connectivity index (χ4n) is 3.68. The first-order chi connectivity index (χ1) is 13.9. The number of terminal acetylenes is 1. The number of rotatable bonds is 4. The van der Waals surface area contributed by atoms with E-state index >= 15 is 0 Å². The quantitative estimate of drug-likeness (QED) is 0.580. The molecular formula is C21H25N3O5. The molecule has 2 heterocycles. The van der Waals surface area contributed by atoms with Crippen molar-refractivity contribution in [2.24, 2.45) is 0 Å². The van der Waals surface area contributed by atoms with Gasteiger partial charge in [-0.05, 0) is 38.0 Å². The Bertz CT molecular complexity index is 1030. The fourth-order valence-corrected chi connectivity index (χ4v) is 3.68. The molecule has 1 aliphatic rings. The third-order valence-corrected chi connectivity index (χ3v) is 4.90. The van der Waals surface area contributed by atoms with Crippen molar-refractivity contribution in [3.63, 3.8) is 0 Å². The lowest BCUT2D eigenvalue weighted by atomic mass is 9.94. The van der Waals surface area contributed by atoms with E-state index in [1.807, 2.05) is 26.0 Å². The molecule has 0 atom stereocenters. The van der Waals surface area contributed by atoms with Gasteiger partial charge < -0.3 is 14.3 Å². The average Bonchev–Trinajstić information content (AvgIpc) is 2.83. The number of benzene rings is 1. The minimum Gasteiger partial charge on any atom is -0.434 e. The highest BCUT2D eigenvalue weighted by molar-refractivity contribution is 5.80. The van der Waals surface area contributed by atoms with Gasteiger partial charge in [0.05, 0.1) is 26.8 Å². The zero-order valence-corrected chi connectivity index (χ0v) is 17.2. The molecule has 8 heteroatoms. The first kappa shape index (κ1) is 20.7. The van der Waals surface area contributed by atoms with Crippen molar-refractivity contribution in [2.45, 2.75) is 33.9 Å². The molecule has 0 N–H and O–H groups in total. The van der Waals surface area contributed by atoms with E-state index in [-0.39, 0.29) is 23.6 Å². The van der Waals surface area contributed by atoms with Gasteiger partial charge in [-0.3, -0.25) is 4.79 Å². The van der Waals surface area contributed by atoms with Gasteiger partial charge in [-0.25, -0.2) is 14.2 Å². The van der Waals surface area contributed by atoms with Crippen molar-refractivity contribution >= 4 is 6.16 Å². The van der Waals surface area contributed by atoms with Crippen LogP contribution < -0.4 is 10.3 Å². The number of nitrogens with zero attached hydrogens (tertiary/aromatic N) is 3. The summed E-state index contributed by atoms with van der Waals surface area (Å²) in [5.74, 6) is 2.79. The van der Waals surface area contributed by atoms with E-state index in [9.17, 15) is 9.59 Å². The Kier molecular flexibility index (Phi) is 6.11. The summed E-state index contributed by atoms with van der Waals surface area (Å²) in [6.45, 7) is 7.50. The number of carbonyl (C=O) groups excluding carboxylic acids is 1. The van der Waals surface area contributed by atoms with Gasteiger partial charge in [0.1, 0.15) is 5.56 Å². The zero-order chi connectivity index (χ0) is 21.1. The summed E-state index contributed by atoms with van der Waals surface area (Å²) in [6.07, 6.45) is 4.87. The highest BCUT2D eigenvalue weighted by Gasteiger charge is 2.29. The maximum absolute atomic E-state index is 13.4. The topological polar surface area (TPSA) is 74.9 Å². The lowest BCUT2D eigenvalue weighted by molar-refractivity contribution is -0.130. The van der Waals surface area contributed by atoms with Crippen LogP contribution in [0.3, 0.4) is 0 Å². The van der Waals surface area contributed by atoms with Crippen molar-refractivity contribution in [3.8, 4) is 29.4 Å². The van der Waals surface area contributed by atoms with E-state index < -0.39 is 6.16 Å². The van der Waals surface area contributed by atoms with Gasteiger partial charge >= 0.3 is 6.16 Å². The molecule has 0 amide bonds. The number of aromatic nitrogens is 2. The first-order valence-electron chi connectivity index (χ1n) is 9.46. The molecule has 0 aliphatic carbocycles. The minimum absolute atomic E-state index is 0.134. The number of aryl methyl sites for hydroxylation is 2. The molecule has 0 saturated carbocycles. The summed E-state index contributed by atoms with van der Waals surface area (Å²) in [4.78, 5) is 30.9. The number of carbonyl (C=O) groups is 1.